The van der Waals surface area contributed by atoms with Crippen LogP contribution in [0.4, 0.5) is 0 Å². The molecule has 1 heterocycles. The number of nitrogens with zero attached hydrogens (tertiary/aromatic N) is 1. The number of hydrogen-bond acceptors (Lipinski definition) is 4. The lowest BCUT2D eigenvalue weighted by molar-refractivity contribution is -0.144. The van der Waals surface area contributed by atoms with E-state index in [2.05, 4.69) is 0 Å². The molecule has 0 radical (unpaired) electrons. The summed E-state index contributed by atoms with van der Waals surface area (Å²) in [6.45, 7) is 4.06. The molecule has 0 saturated heterocycles. The average molecular weight is 383 g/mol. The van der Waals surface area contributed by atoms with Crippen LogP contribution in [0.1, 0.15) is 30.4 Å². The highest BCUT2D eigenvalue weighted by atomic mass is 32.2. The van der Waals surface area contributed by atoms with Gasteiger partial charge in [0.15, 0.2) is 0 Å². The van der Waals surface area contributed by atoms with Crippen LogP contribution < -0.4 is 0 Å². The van der Waals surface area contributed by atoms with Crippen molar-refractivity contribution < 1.29 is 17.9 Å². The summed E-state index contributed by atoms with van der Waals surface area (Å²) in [6.07, 6.45) is 2.28. The second-order valence-electron chi connectivity index (χ2n) is 6.92. The van der Waals surface area contributed by atoms with Gasteiger partial charge in [-0.1, -0.05) is 35.9 Å². The predicted molar refractivity (Wildman–Crippen MR) is 103 cm³/mol. The Kier molecular flexibility index (Phi) is 4.30. The lowest BCUT2D eigenvalue weighted by Gasteiger charge is -2.11. The Morgan fingerprint density at radius 1 is 1.15 bits per heavy atom. The van der Waals surface area contributed by atoms with Gasteiger partial charge >= 0.3 is 5.97 Å². The number of hydrogen-bond donors (Lipinski definition) is 0. The molecule has 0 N–H and O–H groups in total. The first-order chi connectivity index (χ1) is 12.9. The number of ether oxygens (including phenoxy) is 1. The first kappa shape index (κ1) is 17.8. The molecule has 5 nitrogen and oxygen atoms in total. The van der Waals surface area contributed by atoms with Crippen molar-refractivity contribution in [2.24, 2.45) is 5.92 Å². The lowest BCUT2D eigenvalue weighted by atomic mass is 10.1. The van der Waals surface area contributed by atoms with Crippen LogP contribution in [0.3, 0.4) is 0 Å². The number of carbonyl (C=O) groups is 1. The van der Waals surface area contributed by atoms with Gasteiger partial charge in [0.05, 0.1) is 22.9 Å². The quantitative estimate of drug-likeness (QED) is 0.628. The summed E-state index contributed by atoms with van der Waals surface area (Å²) < 4.78 is 32.9. The molecular weight excluding hydrogens is 362 g/mol. The fraction of sp³-hybridized carbons (Fsp3) is 0.286. The summed E-state index contributed by atoms with van der Waals surface area (Å²) in [5, 5.41) is 0.845. The van der Waals surface area contributed by atoms with Crippen LogP contribution in [0, 0.1) is 12.8 Å². The molecule has 0 aliphatic heterocycles. The van der Waals surface area contributed by atoms with Gasteiger partial charge in [-0.3, -0.25) is 4.79 Å². The average Bonchev–Trinajstić information content (AvgIpc) is 3.32. The molecule has 1 aliphatic carbocycles. The van der Waals surface area contributed by atoms with Crippen molar-refractivity contribution in [1.29, 1.82) is 0 Å². The van der Waals surface area contributed by atoms with E-state index in [9.17, 15) is 13.2 Å². The van der Waals surface area contributed by atoms with E-state index < -0.39 is 10.0 Å². The highest BCUT2D eigenvalue weighted by molar-refractivity contribution is 7.90. The van der Waals surface area contributed by atoms with Crippen molar-refractivity contribution in [1.82, 2.24) is 3.97 Å². The minimum Gasteiger partial charge on any atom is -0.466 e. The SMILES string of the molecule is CCOC(=O)[C@@H]1C[C@H]1c1cccc2ccn(S(=O)(=O)c3ccc(C)cc3)c12. The van der Waals surface area contributed by atoms with Gasteiger partial charge in [-0.05, 0) is 44.0 Å². The maximum atomic E-state index is 13.2. The van der Waals surface area contributed by atoms with Gasteiger partial charge in [0, 0.05) is 17.5 Å². The summed E-state index contributed by atoms with van der Waals surface area (Å²) in [4.78, 5) is 12.3. The number of rotatable bonds is 5. The molecule has 140 valence electrons. The second-order valence-corrected chi connectivity index (χ2v) is 8.73. The molecule has 0 unspecified atom stereocenters. The molecule has 0 spiro atoms. The maximum Gasteiger partial charge on any atom is 0.309 e. The number of aryl methyl sites for hydroxylation is 1. The molecule has 1 aliphatic rings. The lowest BCUT2D eigenvalue weighted by Crippen LogP contribution is -2.13. The van der Waals surface area contributed by atoms with E-state index in [1.807, 2.05) is 25.1 Å². The monoisotopic (exact) mass is 383 g/mol. The van der Waals surface area contributed by atoms with Gasteiger partial charge in [0.1, 0.15) is 0 Å². The van der Waals surface area contributed by atoms with Gasteiger partial charge in [0.2, 0.25) is 0 Å². The molecule has 3 aromatic rings. The smallest absolute Gasteiger partial charge is 0.309 e. The zero-order valence-corrected chi connectivity index (χ0v) is 16.1. The molecule has 0 bridgehead atoms. The van der Waals surface area contributed by atoms with Crippen molar-refractivity contribution in [3.05, 3.63) is 65.9 Å². The van der Waals surface area contributed by atoms with E-state index in [4.69, 9.17) is 4.74 Å². The molecule has 2 atom stereocenters. The van der Waals surface area contributed by atoms with Crippen molar-refractivity contribution >= 4 is 26.9 Å². The molecule has 1 fully saturated rings. The van der Waals surface area contributed by atoms with Crippen LogP contribution in [0.15, 0.2) is 59.6 Å². The fourth-order valence-corrected chi connectivity index (χ4v) is 4.94. The number of carbonyl (C=O) groups excluding carboxylic acids is 1. The Morgan fingerprint density at radius 2 is 1.89 bits per heavy atom. The van der Waals surface area contributed by atoms with Crippen molar-refractivity contribution in [2.45, 2.75) is 31.1 Å². The standard InChI is InChI=1S/C21H21NO4S/c1-3-26-21(23)19-13-18(19)17-6-4-5-15-11-12-22(20(15)17)27(24,25)16-9-7-14(2)8-10-16/h4-12,18-19H,3,13H2,1-2H3/t18-,19+/m0/s1. The normalized spacial score (nSPS) is 19.2. The Balaban J connectivity index is 1.80. The van der Waals surface area contributed by atoms with Crippen LogP contribution in [-0.4, -0.2) is 25.0 Å². The largest absolute Gasteiger partial charge is 0.466 e. The summed E-state index contributed by atoms with van der Waals surface area (Å²) >= 11 is 0. The predicted octanol–water partition coefficient (Wildman–Crippen LogP) is 3.85. The number of fused-ring (bicyclic) bond motifs is 1. The van der Waals surface area contributed by atoms with E-state index >= 15 is 0 Å². The molecule has 4 rings (SSSR count). The van der Waals surface area contributed by atoms with Crippen LogP contribution in [-0.2, 0) is 19.6 Å². The van der Waals surface area contributed by atoms with Gasteiger partial charge < -0.3 is 4.74 Å². The molecule has 0 amide bonds. The second kappa shape index (κ2) is 6.53. The Hall–Kier alpha value is -2.60. The molecule has 1 aromatic heterocycles. The van der Waals surface area contributed by atoms with Gasteiger partial charge in [-0.25, -0.2) is 12.4 Å². The van der Waals surface area contributed by atoms with E-state index in [1.165, 1.54) is 3.97 Å². The molecular formula is C21H21NO4S. The summed E-state index contributed by atoms with van der Waals surface area (Å²) in [5.74, 6) is -0.408. The van der Waals surface area contributed by atoms with E-state index in [1.54, 1.807) is 43.5 Å². The van der Waals surface area contributed by atoms with Gasteiger partial charge in [-0.15, -0.1) is 0 Å². The first-order valence-corrected chi connectivity index (χ1v) is 10.5. The van der Waals surface area contributed by atoms with Gasteiger partial charge in [-0.2, -0.15) is 0 Å². The minimum absolute atomic E-state index is 0.00498. The molecule has 6 heteroatoms. The van der Waals surface area contributed by atoms with Crippen molar-refractivity contribution in [2.75, 3.05) is 6.61 Å². The Morgan fingerprint density at radius 3 is 2.59 bits per heavy atom. The van der Waals surface area contributed by atoms with Crippen molar-refractivity contribution in [3.8, 4) is 0 Å². The number of aromatic nitrogens is 1. The summed E-state index contributed by atoms with van der Waals surface area (Å²) in [5.41, 5.74) is 2.53. The minimum atomic E-state index is -3.71. The van der Waals surface area contributed by atoms with Crippen LogP contribution >= 0.6 is 0 Å². The highest BCUT2D eigenvalue weighted by Gasteiger charge is 2.46. The third-order valence-electron chi connectivity index (χ3n) is 5.07. The summed E-state index contributed by atoms with van der Waals surface area (Å²) in [7, 11) is -3.71. The number of benzene rings is 2. The summed E-state index contributed by atoms with van der Waals surface area (Å²) in [6, 6.07) is 14.3. The van der Waals surface area contributed by atoms with E-state index in [-0.39, 0.29) is 22.7 Å². The van der Waals surface area contributed by atoms with Crippen LogP contribution in [0.2, 0.25) is 0 Å². The topological polar surface area (TPSA) is 65.4 Å². The van der Waals surface area contributed by atoms with E-state index in [0.717, 1.165) is 16.5 Å². The van der Waals surface area contributed by atoms with E-state index in [0.29, 0.717) is 18.5 Å². The van der Waals surface area contributed by atoms with Crippen LogP contribution in [0.25, 0.3) is 10.9 Å². The van der Waals surface area contributed by atoms with Gasteiger partial charge in [0.25, 0.3) is 10.0 Å². The number of esters is 1. The fourth-order valence-electron chi connectivity index (χ4n) is 3.56. The van der Waals surface area contributed by atoms with Crippen molar-refractivity contribution in [3.63, 3.8) is 0 Å². The maximum absolute atomic E-state index is 13.2. The Bertz CT molecular complexity index is 1110. The zero-order valence-electron chi connectivity index (χ0n) is 15.3. The third-order valence-corrected chi connectivity index (χ3v) is 6.76. The molecule has 2 aromatic carbocycles. The molecule has 1 saturated carbocycles. The Labute approximate surface area is 158 Å². The first-order valence-electron chi connectivity index (χ1n) is 9.02. The van der Waals surface area contributed by atoms with Crippen LogP contribution in [0.5, 0.6) is 0 Å². The molecule has 27 heavy (non-hydrogen) atoms. The number of para-hydroxylation sites is 1. The highest BCUT2D eigenvalue weighted by Crippen LogP contribution is 2.50. The zero-order chi connectivity index (χ0) is 19.2. The third kappa shape index (κ3) is 3.04.